The lowest BCUT2D eigenvalue weighted by molar-refractivity contribution is -0.115. The van der Waals surface area contributed by atoms with Gasteiger partial charge in [0.25, 0.3) is 0 Å². The number of nitriles is 1. The molecule has 0 unspecified atom stereocenters. The SMILES string of the molecule is N#Cc1ccccc1NC(=O)CCNc1ccccc1Oc1ccccc1. The van der Waals surface area contributed by atoms with Crippen LogP contribution in [0.4, 0.5) is 11.4 Å². The van der Waals surface area contributed by atoms with E-state index < -0.39 is 0 Å². The van der Waals surface area contributed by atoms with Crippen molar-refractivity contribution in [3.8, 4) is 17.6 Å². The van der Waals surface area contributed by atoms with Crippen molar-refractivity contribution in [1.29, 1.82) is 5.26 Å². The van der Waals surface area contributed by atoms with Crippen LogP contribution in [0, 0.1) is 11.3 Å². The second-order valence-electron chi connectivity index (χ2n) is 5.79. The fourth-order valence-corrected chi connectivity index (χ4v) is 2.53. The first-order chi connectivity index (χ1) is 13.3. The number of nitrogens with one attached hydrogen (secondary N) is 2. The van der Waals surface area contributed by atoms with Gasteiger partial charge in [-0.25, -0.2) is 0 Å². The number of para-hydroxylation sites is 4. The number of nitrogens with zero attached hydrogens (tertiary/aromatic N) is 1. The molecule has 0 aliphatic carbocycles. The number of anilines is 2. The third-order valence-electron chi connectivity index (χ3n) is 3.85. The summed E-state index contributed by atoms with van der Waals surface area (Å²) in [4.78, 5) is 12.2. The zero-order valence-electron chi connectivity index (χ0n) is 14.7. The zero-order valence-corrected chi connectivity index (χ0v) is 14.7. The number of ether oxygens (including phenoxy) is 1. The first-order valence-corrected chi connectivity index (χ1v) is 8.61. The predicted molar refractivity (Wildman–Crippen MR) is 106 cm³/mol. The largest absolute Gasteiger partial charge is 0.455 e. The Morgan fingerprint density at radius 3 is 2.33 bits per heavy atom. The summed E-state index contributed by atoms with van der Waals surface area (Å²) < 4.78 is 5.89. The fraction of sp³-hybridized carbons (Fsp3) is 0.0909. The number of carbonyl (C=O) groups is 1. The molecule has 0 atom stereocenters. The van der Waals surface area contributed by atoms with Gasteiger partial charge in [-0.15, -0.1) is 0 Å². The Hall–Kier alpha value is -3.78. The van der Waals surface area contributed by atoms with Crippen molar-refractivity contribution in [2.24, 2.45) is 0 Å². The Morgan fingerprint density at radius 2 is 1.56 bits per heavy atom. The quantitative estimate of drug-likeness (QED) is 0.637. The van der Waals surface area contributed by atoms with Crippen LogP contribution in [0.3, 0.4) is 0 Å². The normalized spacial score (nSPS) is 9.89. The van der Waals surface area contributed by atoms with Gasteiger partial charge in [0.2, 0.25) is 5.91 Å². The van der Waals surface area contributed by atoms with Gasteiger partial charge < -0.3 is 15.4 Å². The van der Waals surface area contributed by atoms with Crippen LogP contribution in [0.5, 0.6) is 11.5 Å². The summed E-state index contributed by atoms with van der Waals surface area (Å²) >= 11 is 0. The highest BCUT2D eigenvalue weighted by Gasteiger charge is 2.08. The van der Waals surface area contributed by atoms with Crippen molar-refractivity contribution >= 4 is 17.3 Å². The molecule has 3 rings (SSSR count). The van der Waals surface area contributed by atoms with Gasteiger partial charge in [0.15, 0.2) is 5.75 Å². The van der Waals surface area contributed by atoms with E-state index in [1.165, 1.54) is 0 Å². The van der Waals surface area contributed by atoms with Gasteiger partial charge in [-0.3, -0.25) is 4.79 Å². The average Bonchev–Trinajstić information content (AvgIpc) is 2.70. The highest BCUT2D eigenvalue weighted by atomic mass is 16.5. The molecule has 1 amide bonds. The third-order valence-corrected chi connectivity index (χ3v) is 3.85. The van der Waals surface area contributed by atoms with E-state index in [4.69, 9.17) is 10.00 Å². The molecule has 0 radical (unpaired) electrons. The standard InChI is InChI=1S/C22H19N3O2/c23-16-17-8-4-5-11-19(17)25-22(26)14-15-24-20-12-6-7-13-21(20)27-18-9-2-1-3-10-18/h1-13,24H,14-15H2,(H,25,26). The monoisotopic (exact) mass is 357 g/mol. The molecule has 5 nitrogen and oxygen atoms in total. The maximum Gasteiger partial charge on any atom is 0.226 e. The lowest BCUT2D eigenvalue weighted by Crippen LogP contribution is -2.17. The average molecular weight is 357 g/mol. The Kier molecular flexibility index (Phi) is 6.05. The Bertz CT molecular complexity index is 949. The zero-order chi connectivity index (χ0) is 18.9. The van der Waals surface area contributed by atoms with E-state index in [-0.39, 0.29) is 12.3 Å². The van der Waals surface area contributed by atoms with E-state index in [9.17, 15) is 4.79 Å². The van der Waals surface area contributed by atoms with Crippen molar-refractivity contribution in [2.45, 2.75) is 6.42 Å². The Balaban J connectivity index is 1.56. The lowest BCUT2D eigenvalue weighted by Gasteiger charge is -2.13. The second kappa shape index (κ2) is 9.07. The van der Waals surface area contributed by atoms with E-state index in [1.807, 2.05) is 54.6 Å². The van der Waals surface area contributed by atoms with Crippen molar-refractivity contribution in [3.05, 3.63) is 84.4 Å². The number of hydrogen-bond donors (Lipinski definition) is 2. The van der Waals surface area contributed by atoms with Crippen molar-refractivity contribution in [1.82, 2.24) is 0 Å². The fourth-order valence-electron chi connectivity index (χ4n) is 2.53. The van der Waals surface area contributed by atoms with Gasteiger partial charge in [0, 0.05) is 13.0 Å². The van der Waals surface area contributed by atoms with E-state index >= 15 is 0 Å². The molecule has 2 N–H and O–H groups in total. The van der Waals surface area contributed by atoms with Crippen LogP contribution in [-0.2, 0) is 4.79 Å². The maximum atomic E-state index is 12.2. The molecule has 0 aliphatic rings. The molecule has 0 fully saturated rings. The molecular weight excluding hydrogens is 338 g/mol. The number of benzene rings is 3. The number of rotatable bonds is 7. The van der Waals surface area contributed by atoms with Gasteiger partial charge in [-0.1, -0.05) is 42.5 Å². The van der Waals surface area contributed by atoms with Crippen LogP contribution in [0.25, 0.3) is 0 Å². The molecule has 27 heavy (non-hydrogen) atoms. The minimum absolute atomic E-state index is 0.161. The summed E-state index contributed by atoms with van der Waals surface area (Å²) in [5, 5.41) is 15.1. The van der Waals surface area contributed by atoms with Crippen LogP contribution < -0.4 is 15.4 Å². The first-order valence-electron chi connectivity index (χ1n) is 8.61. The summed E-state index contributed by atoms with van der Waals surface area (Å²) in [5.41, 5.74) is 1.78. The Labute approximate surface area is 158 Å². The smallest absolute Gasteiger partial charge is 0.226 e. The van der Waals surface area contributed by atoms with Crippen LogP contribution >= 0.6 is 0 Å². The molecule has 0 spiro atoms. The minimum Gasteiger partial charge on any atom is -0.455 e. The Morgan fingerprint density at radius 1 is 0.889 bits per heavy atom. The van der Waals surface area contributed by atoms with Crippen molar-refractivity contribution < 1.29 is 9.53 Å². The van der Waals surface area contributed by atoms with Gasteiger partial charge in [0.05, 0.1) is 16.9 Å². The van der Waals surface area contributed by atoms with Crippen LogP contribution in [-0.4, -0.2) is 12.5 Å². The van der Waals surface area contributed by atoms with E-state index in [0.29, 0.717) is 23.5 Å². The molecule has 0 aliphatic heterocycles. The van der Waals surface area contributed by atoms with Crippen LogP contribution in [0.15, 0.2) is 78.9 Å². The molecule has 5 heteroatoms. The highest BCUT2D eigenvalue weighted by Crippen LogP contribution is 2.29. The molecule has 0 saturated carbocycles. The number of hydrogen-bond acceptors (Lipinski definition) is 4. The maximum absolute atomic E-state index is 12.2. The third kappa shape index (κ3) is 5.10. The van der Waals surface area contributed by atoms with Crippen molar-refractivity contribution in [2.75, 3.05) is 17.2 Å². The van der Waals surface area contributed by atoms with Crippen LogP contribution in [0.1, 0.15) is 12.0 Å². The van der Waals surface area contributed by atoms with Gasteiger partial charge in [-0.05, 0) is 36.4 Å². The molecule has 3 aromatic rings. The summed E-state index contributed by atoms with van der Waals surface area (Å²) in [6.45, 7) is 0.440. The molecule has 0 heterocycles. The predicted octanol–water partition coefficient (Wildman–Crippen LogP) is 4.79. The number of carbonyl (C=O) groups excluding carboxylic acids is 1. The lowest BCUT2D eigenvalue weighted by atomic mass is 10.2. The molecule has 134 valence electrons. The summed E-state index contributed by atoms with van der Waals surface area (Å²) in [6.07, 6.45) is 0.263. The number of amides is 1. The molecule has 3 aromatic carbocycles. The molecular formula is C22H19N3O2. The second-order valence-corrected chi connectivity index (χ2v) is 5.79. The molecule has 0 bridgehead atoms. The van der Waals surface area contributed by atoms with Gasteiger partial charge in [-0.2, -0.15) is 5.26 Å². The van der Waals surface area contributed by atoms with E-state index in [2.05, 4.69) is 16.7 Å². The van der Waals surface area contributed by atoms with Gasteiger partial charge in [0.1, 0.15) is 11.8 Å². The summed E-state index contributed by atoms with van der Waals surface area (Å²) in [7, 11) is 0. The summed E-state index contributed by atoms with van der Waals surface area (Å²) in [5.74, 6) is 1.28. The molecule has 0 aromatic heterocycles. The van der Waals surface area contributed by atoms with Crippen LogP contribution in [0.2, 0.25) is 0 Å². The first kappa shape index (κ1) is 18.0. The molecule has 0 saturated heterocycles. The van der Waals surface area contributed by atoms with E-state index in [0.717, 1.165) is 11.4 Å². The minimum atomic E-state index is -0.161. The van der Waals surface area contributed by atoms with Gasteiger partial charge >= 0.3 is 0 Å². The highest BCUT2D eigenvalue weighted by molar-refractivity contribution is 5.92. The summed E-state index contributed by atoms with van der Waals surface area (Å²) in [6, 6.07) is 26.1. The van der Waals surface area contributed by atoms with E-state index in [1.54, 1.807) is 24.3 Å². The van der Waals surface area contributed by atoms with Crippen molar-refractivity contribution in [3.63, 3.8) is 0 Å². The topological polar surface area (TPSA) is 74.2 Å².